The Morgan fingerprint density at radius 3 is 1.29 bits per heavy atom. The van der Waals surface area contributed by atoms with Crippen LogP contribution in [-0.4, -0.2) is 9.97 Å². The van der Waals surface area contributed by atoms with Gasteiger partial charge in [-0.25, -0.2) is 4.98 Å². The van der Waals surface area contributed by atoms with Gasteiger partial charge < -0.3 is 4.98 Å². The van der Waals surface area contributed by atoms with Crippen LogP contribution in [0.25, 0.3) is 11.0 Å². The van der Waals surface area contributed by atoms with Crippen LogP contribution in [0.1, 0.15) is 160 Å². The van der Waals surface area contributed by atoms with Gasteiger partial charge in [0.1, 0.15) is 5.82 Å². The molecule has 2 rings (SSSR count). The molecule has 0 radical (unpaired) electrons. The van der Waals surface area contributed by atoms with E-state index in [1.807, 2.05) is 0 Å². The molecule has 34 heavy (non-hydrogen) atoms. The summed E-state index contributed by atoms with van der Waals surface area (Å²) in [6.45, 7) is 2.30. The van der Waals surface area contributed by atoms with E-state index in [9.17, 15) is 0 Å². The van der Waals surface area contributed by atoms with Crippen molar-refractivity contribution in [2.75, 3.05) is 0 Å². The zero-order chi connectivity index (χ0) is 23.9. The third-order valence-electron chi connectivity index (χ3n) is 7.46. The third-order valence-corrected chi connectivity index (χ3v) is 7.46. The largest absolute Gasteiger partial charge is 0.342 e. The van der Waals surface area contributed by atoms with Gasteiger partial charge in [0.15, 0.2) is 0 Å². The molecule has 0 saturated carbocycles. The highest BCUT2D eigenvalue weighted by Crippen LogP contribution is 2.16. The van der Waals surface area contributed by atoms with Gasteiger partial charge in [-0.1, -0.05) is 160 Å². The Balaban J connectivity index is 1.22. The minimum absolute atomic E-state index is 1.09. The molecule has 1 aromatic carbocycles. The van der Waals surface area contributed by atoms with Crippen LogP contribution in [0.2, 0.25) is 0 Å². The van der Waals surface area contributed by atoms with Crippen LogP contribution >= 0.6 is 0 Å². The molecule has 0 unspecified atom stereocenters. The highest BCUT2D eigenvalue weighted by Gasteiger charge is 2.01. The van der Waals surface area contributed by atoms with E-state index in [-0.39, 0.29) is 0 Å². The predicted molar refractivity (Wildman–Crippen MR) is 152 cm³/mol. The maximum atomic E-state index is 4.68. The van der Waals surface area contributed by atoms with Gasteiger partial charge in [0.25, 0.3) is 0 Å². The number of para-hydroxylation sites is 2. The molecule has 2 heteroatoms. The fraction of sp³-hybridized carbons (Fsp3) is 0.781. The summed E-state index contributed by atoms with van der Waals surface area (Å²) in [7, 11) is 0. The molecule has 0 fully saturated rings. The van der Waals surface area contributed by atoms with E-state index in [1.165, 1.54) is 153 Å². The van der Waals surface area contributed by atoms with Gasteiger partial charge in [-0.05, 0) is 18.6 Å². The number of aryl methyl sites for hydroxylation is 1. The number of unbranched alkanes of at least 4 members (excludes halogenated alkanes) is 22. The van der Waals surface area contributed by atoms with E-state index in [2.05, 4.69) is 41.2 Å². The van der Waals surface area contributed by atoms with E-state index in [1.54, 1.807) is 0 Å². The number of imidazole rings is 1. The fourth-order valence-corrected chi connectivity index (χ4v) is 5.20. The molecule has 0 aliphatic rings. The topological polar surface area (TPSA) is 28.7 Å². The smallest absolute Gasteiger partial charge is 0.107 e. The quantitative estimate of drug-likeness (QED) is 0.152. The Kier molecular flexibility index (Phi) is 17.9. The standard InChI is InChI=1S/C32H56N2/c1-2-3-4-5-6-7-8-9-10-11-12-13-14-15-16-17-18-19-20-21-22-23-24-29-32-33-30-27-25-26-28-31(30)34-32/h25-28H,2-24,29H2,1H3,(H,33,34). The summed E-state index contributed by atoms with van der Waals surface area (Å²) < 4.78 is 0. The summed E-state index contributed by atoms with van der Waals surface area (Å²) in [6, 6.07) is 8.34. The van der Waals surface area contributed by atoms with Crippen LogP contribution in [0, 0.1) is 0 Å². The second-order valence-electron chi connectivity index (χ2n) is 10.7. The normalized spacial score (nSPS) is 11.6. The van der Waals surface area contributed by atoms with E-state index in [4.69, 9.17) is 0 Å². The Morgan fingerprint density at radius 1 is 0.500 bits per heavy atom. The van der Waals surface area contributed by atoms with Gasteiger partial charge in [0.2, 0.25) is 0 Å². The van der Waals surface area contributed by atoms with Crippen molar-refractivity contribution in [3.05, 3.63) is 30.1 Å². The molecule has 194 valence electrons. The Hall–Kier alpha value is -1.31. The number of nitrogens with zero attached hydrogens (tertiary/aromatic N) is 1. The van der Waals surface area contributed by atoms with Crippen molar-refractivity contribution in [3.8, 4) is 0 Å². The molecule has 0 aliphatic heterocycles. The second kappa shape index (κ2) is 21.0. The first-order valence-corrected chi connectivity index (χ1v) is 15.3. The van der Waals surface area contributed by atoms with Gasteiger partial charge in [0.05, 0.1) is 11.0 Å². The van der Waals surface area contributed by atoms with Gasteiger partial charge in [0, 0.05) is 6.42 Å². The highest BCUT2D eigenvalue weighted by molar-refractivity contribution is 5.74. The number of hydrogen-bond donors (Lipinski definition) is 1. The molecule has 0 bridgehead atoms. The van der Waals surface area contributed by atoms with Crippen molar-refractivity contribution in [1.29, 1.82) is 0 Å². The maximum Gasteiger partial charge on any atom is 0.107 e. The molecule has 0 saturated heterocycles. The second-order valence-corrected chi connectivity index (χ2v) is 10.7. The van der Waals surface area contributed by atoms with Crippen LogP contribution in [0.15, 0.2) is 24.3 Å². The van der Waals surface area contributed by atoms with Crippen LogP contribution in [0.3, 0.4) is 0 Å². The lowest BCUT2D eigenvalue weighted by Gasteiger charge is -2.04. The number of H-pyrrole nitrogens is 1. The van der Waals surface area contributed by atoms with E-state index in [0.717, 1.165) is 17.8 Å². The summed E-state index contributed by atoms with van der Waals surface area (Å²) >= 11 is 0. The first kappa shape index (κ1) is 28.9. The van der Waals surface area contributed by atoms with Gasteiger partial charge >= 0.3 is 0 Å². The minimum atomic E-state index is 1.09. The van der Waals surface area contributed by atoms with E-state index in [0.29, 0.717) is 0 Å². The lowest BCUT2D eigenvalue weighted by Crippen LogP contribution is -1.89. The Labute approximate surface area is 212 Å². The Bertz CT molecular complexity index is 656. The molecule has 0 atom stereocenters. The number of rotatable bonds is 24. The van der Waals surface area contributed by atoms with Crippen molar-refractivity contribution in [2.24, 2.45) is 0 Å². The number of nitrogens with one attached hydrogen (secondary N) is 1. The molecular weight excluding hydrogens is 412 g/mol. The van der Waals surface area contributed by atoms with Gasteiger partial charge in [-0.15, -0.1) is 0 Å². The molecule has 0 amide bonds. The SMILES string of the molecule is CCCCCCCCCCCCCCCCCCCCCCCCCc1nc2ccccc2[nH]1. The predicted octanol–water partition coefficient (Wildman–Crippen LogP) is 11.1. The molecule has 0 aliphatic carbocycles. The zero-order valence-electron chi connectivity index (χ0n) is 22.7. The van der Waals surface area contributed by atoms with E-state index >= 15 is 0 Å². The van der Waals surface area contributed by atoms with Crippen LogP contribution in [0.5, 0.6) is 0 Å². The highest BCUT2D eigenvalue weighted by atomic mass is 14.9. The molecule has 1 aromatic heterocycles. The van der Waals surface area contributed by atoms with E-state index < -0.39 is 0 Å². The van der Waals surface area contributed by atoms with Crippen molar-refractivity contribution >= 4 is 11.0 Å². The zero-order valence-corrected chi connectivity index (χ0v) is 22.7. The summed E-state index contributed by atoms with van der Waals surface area (Å²) in [4.78, 5) is 8.13. The van der Waals surface area contributed by atoms with Crippen molar-refractivity contribution in [1.82, 2.24) is 9.97 Å². The molecule has 2 nitrogen and oxygen atoms in total. The number of hydrogen-bond acceptors (Lipinski definition) is 1. The molecule has 2 aromatic rings. The minimum Gasteiger partial charge on any atom is -0.342 e. The molecule has 0 spiro atoms. The van der Waals surface area contributed by atoms with Gasteiger partial charge in [-0.3, -0.25) is 0 Å². The monoisotopic (exact) mass is 468 g/mol. The number of fused-ring (bicyclic) bond motifs is 1. The number of benzene rings is 1. The fourth-order valence-electron chi connectivity index (χ4n) is 5.20. The molecular formula is C32H56N2. The van der Waals surface area contributed by atoms with Crippen LogP contribution in [-0.2, 0) is 6.42 Å². The van der Waals surface area contributed by atoms with Gasteiger partial charge in [-0.2, -0.15) is 0 Å². The third kappa shape index (κ3) is 14.8. The average Bonchev–Trinajstić information content (AvgIpc) is 3.27. The van der Waals surface area contributed by atoms with Crippen molar-refractivity contribution in [3.63, 3.8) is 0 Å². The Morgan fingerprint density at radius 2 is 0.882 bits per heavy atom. The summed E-state index contributed by atoms with van der Waals surface area (Å²) in [5.41, 5.74) is 2.28. The van der Waals surface area contributed by atoms with Crippen LogP contribution in [0.4, 0.5) is 0 Å². The maximum absolute atomic E-state index is 4.68. The first-order valence-electron chi connectivity index (χ1n) is 15.3. The number of aromatic nitrogens is 2. The van der Waals surface area contributed by atoms with Crippen LogP contribution < -0.4 is 0 Å². The number of aromatic amines is 1. The summed E-state index contributed by atoms with van der Waals surface area (Å²) in [6.07, 6.45) is 34.3. The first-order chi connectivity index (χ1) is 16.9. The van der Waals surface area contributed by atoms with Crippen molar-refractivity contribution < 1.29 is 0 Å². The lowest BCUT2D eigenvalue weighted by atomic mass is 10.0. The van der Waals surface area contributed by atoms with Crippen molar-refractivity contribution in [2.45, 2.75) is 161 Å². The molecule has 1 heterocycles. The lowest BCUT2D eigenvalue weighted by molar-refractivity contribution is 0.518. The average molecular weight is 469 g/mol. The summed E-state index contributed by atoms with van der Waals surface area (Å²) in [5.74, 6) is 1.16. The summed E-state index contributed by atoms with van der Waals surface area (Å²) in [5, 5.41) is 0. The molecule has 1 N–H and O–H groups in total.